The second kappa shape index (κ2) is 8.85. The van der Waals surface area contributed by atoms with E-state index in [0.29, 0.717) is 16.1 Å². The van der Waals surface area contributed by atoms with Crippen molar-refractivity contribution in [2.75, 3.05) is 0 Å². The number of carbonyl (C=O) groups is 1. The van der Waals surface area contributed by atoms with Crippen LogP contribution in [0, 0.1) is 0 Å². The molecule has 32 heavy (non-hydrogen) atoms. The van der Waals surface area contributed by atoms with Crippen LogP contribution in [0.25, 0.3) is 22.0 Å². The van der Waals surface area contributed by atoms with Crippen molar-refractivity contribution in [3.05, 3.63) is 95.1 Å². The van der Waals surface area contributed by atoms with Crippen molar-refractivity contribution in [1.29, 1.82) is 0 Å². The number of hydrogen-bond acceptors (Lipinski definition) is 3. The molecule has 0 saturated carbocycles. The van der Waals surface area contributed by atoms with Gasteiger partial charge in [-0.05, 0) is 40.5 Å². The minimum atomic E-state index is -2.65. The maximum Gasteiger partial charge on any atom is 0.342 e. The van der Waals surface area contributed by atoms with Gasteiger partial charge in [-0.25, -0.2) is 9.18 Å². The maximum absolute atomic E-state index is 15.7. The molecule has 4 aromatic rings. The van der Waals surface area contributed by atoms with Gasteiger partial charge in [0.1, 0.15) is 0 Å². The Morgan fingerprint density at radius 1 is 1.00 bits per heavy atom. The number of aliphatic carboxylic acids is 1. The van der Waals surface area contributed by atoms with Gasteiger partial charge in [-0.2, -0.15) is 0 Å². The Morgan fingerprint density at radius 2 is 1.62 bits per heavy atom. The maximum atomic E-state index is 15.7. The first kappa shape index (κ1) is 21.6. The third kappa shape index (κ3) is 4.36. The van der Waals surface area contributed by atoms with Gasteiger partial charge in [-0.3, -0.25) is 0 Å². The van der Waals surface area contributed by atoms with Crippen molar-refractivity contribution >= 4 is 34.2 Å². The quantitative estimate of drug-likeness (QED) is 0.181. The summed E-state index contributed by atoms with van der Waals surface area (Å²) in [6.45, 7) is 0. The van der Waals surface area contributed by atoms with Gasteiger partial charge in [0.25, 0.3) is 0 Å². The minimum Gasteiger partial charge on any atom is -0.479 e. The molecule has 162 valence electrons. The van der Waals surface area contributed by atoms with Gasteiger partial charge >= 0.3 is 5.97 Å². The molecule has 3 aromatic carbocycles. The molecular formula is C25H20ClFN2O3. The van der Waals surface area contributed by atoms with Gasteiger partial charge in [0, 0.05) is 35.0 Å². The molecule has 1 atom stereocenters. The van der Waals surface area contributed by atoms with Crippen molar-refractivity contribution in [2.45, 2.75) is 18.5 Å². The zero-order valence-electron chi connectivity index (χ0n) is 16.9. The highest BCUT2D eigenvalue weighted by molar-refractivity contribution is 6.30. The first-order valence-corrected chi connectivity index (χ1v) is 10.3. The number of alkyl halides is 1. The van der Waals surface area contributed by atoms with Crippen LogP contribution in [0.3, 0.4) is 0 Å². The molecule has 3 N–H and O–H groups in total. The minimum absolute atomic E-state index is 0.0441. The van der Waals surface area contributed by atoms with E-state index in [2.05, 4.69) is 10.1 Å². The Kier molecular flexibility index (Phi) is 5.97. The molecule has 0 amide bonds. The number of aromatic nitrogens is 1. The summed E-state index contributed by atoms with van der Waals surface area (Å²) in [5.74, 6) is -1.61. The number of para-hydroxylation sites is 1. The number of nitrogens with zero attached hydrogens (tertiary/aromatic N) is 1. The molecule has 1 unspecified atom stereocenters. The first-order valence-electron chi connectivity index (χ1n) is 9.94. The van der Waals surface area contributed by atoms with Crippen molar-refractivity contribution < 1.29 is 19.5 Å². The highest BCUT2D eigenvalue weighted by Crippen LogP contribution is 2.30. The fourth-order valence-electron chi connectivity index (χ4n) is 3.75. The summed E-state index contributed by atoms with van der Waals surface area (Å²) in [6, 6.07) is 21.5. The Balaban J connectivity index is 1.59. The lowest BCUT2D eigenvalue weighted by atomic mass is 9.88. The Morgan fingerprint density at radius 3 is 2.25 bits per heavy atom. The van der Waals surface area contributed by atoms with Gasteiger partial charge in [0.2, 0.25) is 5.67 Å². The highest BCUT2D eigenvalue weighted by atomic mass is 35.5. The molecule has 1 heterocycles. The van der Waals surface area contributed by atoms with E-state index in [0.717, 1.165) is 22.0 Å². The van der Waals surface area contributed by atoms with Crippen LogP contribution in [0.1, 0.15) is 17.5 Å². The number of rotatable bonds is 7. The van der Waals surface area contributed by atoms with E-state index in [4.69, 9.17) is 11.6 Å². The summed E-state index contributed by atoms with van der Waals surface area (Å²) in [4.78, 5) is 14.9. The Labute approximate surface area is 188 Å². The van der Waals surface area contributed by atoms with E-state index < -0.39 is 18.1 Å². The smallest absolute Gasteiger partial charge is 0.342 e. The predicted octanol–water partition coefficient (Wildman–Crippen LogP) is 6.09. The second-order valence-electron chi connectivity index (χ2n) is 7.61. The third-order valence-corrected chi connectivity index (χ3v) is 5.74. The molecule has 0 radical (unpaired) electrons. The molecule has 1 aromatic heterocycles. The lowest BCUT2D eigenvalue weighted by molar-refractivity contribution is -0.150. The number of H-pyrrole nitrogens is 1. The van der Waals surface area contributed by atoms with Crippen molar-refractivity contribution in [1.82, 2.24) is 4.98 Å². The SMILES string of the molecule is O=C(O)C(F)(CC(=NO)c1ccc(-c2ccc(Cl)cc2)cc1)Cc1c[nH]c2ccccc12. The van der Waals surface area contributed by atoms with Crippen LogP contribution in [0.15, 0.2) is 84.1 Å². The zero-order chi connectivity index (χ0) is 22.7. The number of aromatic amines is 1. The van der Waals surface area contributed by atoms with Gasteiger partial charge in [-0.1, -0.05) is 71.4 Å². The lowest BCUT2D eigenvalue weighted by Crippen LogP contribution is -2.38. The topological polar surface area (TPSA) is 85.7 Å². The third-order valence-electron chi connectivity index (χ3n) is 5.49. The Bertz CT molecular complexity index is 1280. The molecule has 4 rings (SSSR count). The fraction of sp³-hybridized carbons (Fsp3) is 0.120. The summed E-state index contributed by atoms with van der Waals surface area (Å²) in [5.41, 5.74) is 0.913. The number of carboxylic acid groups (broad SMARTS) is 1. The number of fused-ring (bicyclic) bond motifs is 1. The van der Waals surface area contributed by atoms with Crippen LogP contribution >= 0.6 is 11.6 Å². The number of nitrogens with one attached hydrogen (secondary N) is 1. The molecule has 0 aliphatic carbocycles. The largest absolute Gasteiger partial charge is 0.479 e. The summed E-state index contributed by atoms with van der Waals surface area (Å²) >= 11 is 5.93. The van der Waals surface area contributed by atoms with Gasteiger partial charge in [0.15, 0.2) is 0 Å². The summed E-state index contributed by atoms with van der Waals surface area (Å²) < 4.78 is 15.7. The standard InChI is InChI=1S/C25H20ClFN2O3/c26-20-11-9-17(10-12-20)16-5-7-18(8-6-16)23(29-32)14-25(27,24(30)31)13-19-15-28-22-4-2-1-3-21(19)22/h1-12,15,28,32H,13-14H2,(H,30,31). The van der Waals surface area contributed by atoms with Gasteiger partial charge in [-0.15, -0.1) is 0 Å². The van der Waals surface area contributed by atoms with E-state index in [9.17, 15) is 15.1 Å². The predicted molar refractivity (Wildman–Crippen MR) is 123 cm³/mol. The monoisotopic (exact) mass is 450 g/mol. The highest BCUT2D eigenvalue weighted by Gasteiger charge is 2.41. The van der Waals surface area contributed by atoms with E-state index >= 15 is 4.39 Å². The number of oxime groups is 1. The summed E-state index contributed by atoms with van der Waals surface area (Å²) in [5, 5.41) is 23.8. The molecule has 0 aliphatic heterocycles. The molecule has 0 saturated heterocycles. The van der Waals surface area contributed by atoms with E-state index in [1.54, 1.807) is 48.7 Å². The van der Waals surface area contributed by atoms with Crippen LogP contribution in [-0.2, 0) is 11.2 Å². The van der Waals surface area contributed by atoms with Crippen molar-refractivity contribution in [3.8, 4) is 11.1 Å². The van der Waals surface area contributed by atoms with Crippen molar-refractivity contribution in [3.63, 3.8) is 0 Å². The van der Waals surface area contributed by atoms with E-state index in [-0.39, 0.29) is 12.1 Å². The van der Waals surface area contributed by atoms with Crippen LogP contribution in [0.4, 0.5) is 4.39 Å². The lowest BCUT2D eigenvalue weighted by Gasteiger charge is -2.21. The molecule has 5 nitrogen and oxygen atoms in total. The van der Waals surface area contributed by atoms with Crippen LogP contribution in [-0.4, -0.2) is 32.6 Å². The van der Waals surface area contributed by atoms with E-state index in [1.807, 2.05) is 30.3 Å². The molecule has 0 bridgehead atoms. The Hall–Kier alpha value is -3.64. The number of carboxylic acids is 1. The molecule has 0 fully saturated rings. The average Bonchev–Trinajstić information content (AvgIpc) is 3.21. The fourth-order valence-corrected chi connectivity index (χ4v) is 3.88. The molecule has 0 spiro atoms. The summed E-state index contributed by atoms with van der Waals surface area (Å²) in [7, 11) is 0. The zero-order valence-corrected chi connectivity index (χ0v) is 17.7. The average molecular weight is 451 g/mol. The number of hydrogen-bond donors (Lipinski definition) is 3. The van der Waals surface area contributed by atoms with E-state index in [1.165, 1.54) is 0 Å². The molecular weight excluding hydrogens is 431 g/mol. The molecule has 7 heteroatoms. The number of benzene rings is 3. The normalized spacial score (nSPS) is 13.8. The molecule has 0 aliphatic rings. The van der Waals surface area contributed by atoms with Gasteiger partial charge in [0.05, 0.1) is 5.71 Å². The van der Waals surface area contributed by atoms with Crippen molar-refractivity contribution in [2.24, 2.45) is 5.16 Å². The van der Waals surface area contributed by atoms with Gasteiger partial charge < -0.3 is 15.3 Å². The van der Waals surface area contributed by atoms with Crippen LogP contribution in [0.5, 0.6) is 0 Å². The second-order valence-corrected chi connectivity index (χ2v) is 8.05. The number of halogens is 2. The summed E-state index contributed by atoms with van der Waals surface area (Å²) in [6.07, 6.45) is 0.658. The van der Waals surface area contributed by atoms with Crippen LogP contribution < -0.4 is 0 Å². The van der Waals surface area contributed by atoms with Crippen LogP contribution in [0.2, 0.25) is 5.02 Å². The first-order chi connectivity index (χ1) is 15.4.